The number of nitrogens with zero attached hydrogens (tertiary/aromatic N) is 2. The maximum atomic E-state index is 13.9. The maximum absolute atomic E-state index is 13.9. The van der Waals surface area contributed by atoms with Crippen molar-refractivity contribution in [3.63, 3.8) is 0 Å². The first kappa shape index (κ1) is 12.0. The zero-order valence-corrected chi connectivity index (χ0v) is 10.8. The molecule has 5 heteroatoms. The van der Waals surface area contributed by atoms with Crippen molar-refractivity contribution >= 4 is 21.9 Å². The molecule has 0 spiro atoms. The van der Waals surface area contributed by atoms with Crippen LogP contribution in [0.3, 0.4) is 0 Å². The lowest BCUT2D eigenvalue weighted by Gasteiger charge is -2.06. The number of anilines is 1. The first-order valence-corrected chi connectivity index (χ1v) is 6.03. The highest BCUT2D eigenvalue weighted by Crippen LogP contribution is 2.26. The van der Waals surface area contributed by atoms with E-state index in [1.54, 1.807) is 30.5 Å². The third-order valence-corrected chi connectivity index (χ3v) is 2.83. The van der Waals surface area contributed by atoms with Crippen LogP contribution < -0.4 is 5.32 Å². The first-order chi connectivity index (χ1) is 8.22. The summed E-state index contributed by atoms with van der Waals surface area (Å²) in [5.74, 6) is 0.193. The maximum Gasteiger partial charge on any atom is 0.223 e. The summed E-state index contributed by atoms with van der Waals surface area (Å²) in [6.07, 6.45) is 1.61. The molecule has 0 radical (unpaired) electrons. The molecule has 2 rings (SSSR count). The second kappa shape index (κ2) is 5.23. The highest BCUT2D eigenvalue weighted by molar-refractivity contribution is 9.10. The predicted molar refractivity (Wildman–Crippen MR) is 69.3 cm³/mol. The van der Waals surface area contributed by atoms with Gasteiger partial charge in [-0.05, 0) is 41.1 Å². The van der Waals surface area contributed by atoms with Crippen LogP contribution in [-0.4, -0.2) is 16.5 Å². The molecule has 0 bridgehead atoms. The zero-order valence-electron chi connectivity index (χ0n) is 9.24. The Balaban J connectivity index is 2.45. The molecule has 17 heavy (non-hydrogen) atoms. The van der Waals surface area contributed by atoms with E-state index in [1.165, 1.54) is 0 Å². The van der Waals surface area contributed by atoms with Crippen molar-refractivity contribution in [1.29, 1.82) is 0 Å². The lowest BCUT2D eigenvalue weighted by atomic mass is 10.1. The highest BCUT2D eigenvalue weighted by Gasteiger charge is 2.09. The van der Waals surface area contributed by atoms with Gasteiger partial charge in [0.25, 0.3) is 0 Å². The van der Waals surface area contributed by atoms with E-state index in [4.69, 9.17) is 0 Å². The number of aromatic nitrogens is 2. The SMILES string of the molecule is CCNc1nccc(-c2cccc(Br)c2F)n1. The average molecular weight is 296 g/mol. The number of hydrogen-bond donors (Lipinski definition) is 1. The third kappa shape index (κ3) is 2.61. The van der Waals surface area contributed by atoms with E-state index in [-0.39, 0.29) is 5.82 Å². The van der Waals surface area contributed by atoms with E-state index < -0.39 is 0 Å². The molecule has 0 amide bonds. The lowest BCUT2D eigenvalue weighted by Crippen LogP contribution is -2.02. The fourth-order valence-corrected chi connectivity index (χ4v) is 1.82. The van der Waals surface area contributed by atoms with Crippen molar-refractivity contribution in [3.05, 3.63) is 40.8 Å². The second-order valence-corrected chi connectivity index (χ2v) is 4.25. The van der Waals surface area contributed by atoms with Gasteiger partial charge in [0.2, 0.25) is 5.95 Å². The molecule has 0 unspecified atom stereocenters. The number of rotatable bonds is 3. The van der Waals surface area contributed by atoms with Crippen molar-refractivity contribution in [1.82, 2.24) is 9.97 Å². The van der Waals surface area contributed by atoms with Crippen LogP contribution in [0.25, 0.3) is 11.3 Å². The predicted octanol–water partition coefficient (Wildman–Crippen LogP) is 3.48. The summed E-state index contributed by atoms with van der Waals surface area (Å²) in [7, 11) is 0. The molecular formula is C12H11BrFN3. The smallest absolute Gasteiger partial charge is 0.223 e. The van der Waals surface area contributed by atoms with Gasteiger partial charge >= 0.3 is 0 Å². The molecule has 0 aliphatic rings. The normalized spacial score (nSPS) is 10.3. The van der Waals surface area contributed by atoms with E-state index in [0.717, 1.165) is 6.54 Å². The summed E-state index contributed by atoms with van der Waals surface area (Å²) >= 11 is 3.16. The largest absolute Gasteiger partial charge is 0.354 e. The fourth-order valence-electron chi connectivity index (χ4n) is 1.45. The monoisotopic (exact) mass is 295 g/mol. The summed E-state index contributed by atoms with van der Waals surface area (Å²) in [6, 6.07) is 6.81. The van der Waals surface area contributed by atoms with Crippen molar-refractivity contribution in [2.75, 3.05) is 11.9 Å². The Hall–Kier alpha value is -1.49. The zero-order chi connectivity index (χ0) is 12.3. The van der Waals surface area contributed by atoms with E-state index in [1.807, 2.05) is 6.92 Å². The number of hydrogen-bond acceptors (Lipinski definition) is 3. The van der Waals surface area contributed by atoms with E-state index in [0.29, 0.717) is 21.7 Å². The molecule has 1 aromatic carbocycles. The van der Waals surface area contributed by atoms with Crippen LogP contribution in [0.1, 0.15) is 6.92 Å². The molecule has 0 fully saturated rings. The standard InChI is InChI=1S/C12H11BrFN3/c1-2-15-12-16-7-6-10(17-12)8-4-3-5-9(13)11(8)14/h3-7H,2H2,1H3,(H,15,16,17). The minimum absolute atomic E-state index is 0.311. The van der Waals surface area contributed by atoms with Gasteiger partial charge in [-0.3, -0.25) is 0 Å². The Morgan fingerprint density at radius 2 is 2.18 bits per heavy atom. The Kier molecular flexibility index (Phi) is 3.68. The lowest BCUT2D eigenvalue weighted by molar-refractivity contribution is 0.624. The van der Waals surface area contributed by atoms with Crippen LogP contribution in [-0.2, 0) is 0 Å². The summed E-state index contributed by atoms with van der Waals surface area (Å²) in [5, 5.41) is 3.00. The van der Waals surface area contributed by atoms with E-state index in [9.17, 15) is 4.39 Å². The minimum atomic E-state index is -0.311. The van der Waals surface area contributed by atoms with Crippen LogP contribution in [0.2, 0.25) is 0 Å². The van der Waals surface area contributed by atoms with Gasteiger partial charge in [0.15, 0.2) is 0 Å². The number of benzene rings is 1. The molecular weight excluding hydrogens is 285 g/mol. The van der Waals surface area contributed by atoms with Crippen LogP contribution in [0.15, 0.2) is 34.9 Å². The Morgan fingerprint density at radius 1 is 1.35 bits per heavy atom. The van der Waals surface area contributed by atoms with Gasteiger partial charge in [-0.2, -0.15) is 0 Å². The van der Waals surface area contributed by atoms with Gasteiger partial charge in [-0.1, -0.05) is 6.07 Å². The van der Waals surface area contributed by atoms with Crippen LogP contribution in [0, 0.1) is 5.82 Å². The van der Waals surface area contributed by atoms with E-state index >= 15 is 0 Å². The molecule has 0 aliphatic carbocycles. The van der Waals surface area contributed by atoms with E-state index in [2.05, 4.69) is 31.2 Å². The minimum Gasteiger partial charge on any atom is -0.354 e. The first-order valence-electron chi connectivity index (χ1n) is 5.23. The molecule has 2 aromatic rings. The van der Waals surface area contributed by atoms with Crippen molar-refractivity contribution in [3.8, 4) is 11.3 Å². The van der Waals surface area contributed by atoms with Crippen molar-refractivity contribution < 1.29 is 4.39 Å². The summed E-state index contributed by atoms with van der Waals surface area (Å²) in [5.41, 5.74) is 1.02. The Bertz CT molecular complexity index is 531. The quantitative estimate of drug-likeness (QED) is 0.942. The molecule has 1 heterocycles. The summed E-state index contributed by atoms with van der Waals surface area (Å²) < 4.78 is 14.3. The molecule has 88 valence electrons. The molecule has 0 saturated heterocycles. The summed E-state index contributed by atoms with van der Waals surface area (Å²) in [4.78, 5) is 8.30. The van der Waals surface area contributed by atoms with Crippen molar-refractivity contribution in [2.45, 2.75) is 6.92 Å². The van der Waals surface area contributed by atoms with Crippen LogP contribution in [0.4, 0.5) is 10.3 Å². The molecule has 1 N–H and O–H groups in total. The van der Waals surface area contributed by atoms with Crippen LogP contribution >= 0.6 is 15.9 Å². The Morgan fingerprint density at radius 3 is 2.94 bits per heavy atom. The van der Waals surface area contributed by atoms with Gasteiger partial charge in [-0.15, -0.1) is 0 Å². The number of halogens is 2. The highest BCUT2D eigenvalue weighted by atomic mass is 79.9. The summed E-state index contributed by atoms with van der Waals surface area (Å²) in [6.45, 7) is 2.68. The van der Waals surface area contributed by atoms with Crippen LogP contribution in [0.5, 0.6) is 0 Å². The molecule has 1 aromatic heterocycles. The average Bonchev–Trinajstić information content (AvgIpc) is 2.33. The third-order valence-electron chi connectivity index (χ3n) is 2.22. The molecule has 0 aliphatic heterocycles. The second-order valence-electron chi connectivity index (χ2n) is 3.40. The van der Waals surface area contributed by atoms with Gasteiger partial charge in [0.1, 0.15) is 5.82 Å². The van der Waals surface area contributed by atoms with Gasteiger partial charge in [-0.25, -0.2) is 14.4 Å². The topological polar surface area (TPSA) is 37.8 Å². The van der Waals surface area contributed by atoms with Gasteiger partial charge < -0.3 is 5.32 Å². The molecule has 0 saturated carbocycles. The fraction of sp³-hybridized carbons (Fsp3) is 0.167. The van der Waals surface area contributed by atoms with Gasteiger partial charge in [0, 0.05) is 18.3 Å². The van der Waals surface area contributed by atoms with Gasteiger partial charge in [0.05, 0.1) is 10.2 Å². The number of nitrogens with one attached hydrogen (secondary N) is 1. The molecule has 0 atom stereocenters. The Labute approximate surface area is 107 Å². The van der Waals surface area contributed by atoms with Crippen molar-refractivity contribution in [2.24, 2.45) is 0 Å². The molecule has 3 nitrogen and oxygen atoms in total.